The topological polar surface area (TPSA) is 26.3 Å². The first-order chi connectivity index (χ1) is 3.95. The minimum Gasteiger partial charge on any atom is -0.460 e. The third kappa shape index (κ3) is 5.47. The highest BCUT2D eigenvalue weighted by Gasteiger charge is 2.11. The maximum absolute atomic E-state index is 10.4. The molecule has 2 heteroatoms. The molecule has 0 aliphatic carbocycles. The lowest BCUT2D eigenvalue weighted by Gasteiger charge is -2.17. The molecule has 8 heavy (non-hydrogen) atoms. The molecule has 0 heterocycles. The molecule has 0 N–H and O–H groups in total. The molecule has 0 aliphatic heterocycles. The van der Waals surface area contributed by atoms with Crippen LogP contribution in [0, 0.1) is 0 Å². The Balaban J connectivity index is 3.60. The summed E-state index contributed by atoms with van der Waals surface area (Å²) >= 11 is 0. The summed E-state index contributed by atoms with van der Waals surface area (Å²) in [7, 11) is 0. The summed E-state index contributed by atoms with van der Waals surface area (Å²) < 4.78 is 11.4. The third-order valence-electron chi connectivity index (χ3n) is 0.420. The molecule has 0 saturated carbocycles. The lowest BCUT2D eigenvalue weighted by Crippen LogP contribution is -2.21. The van der Waals surface area contributed by atoms with Crippen LogP contribution in [0.2, 0.25) is 0 Å². The predicted octanol–water partition coefficient (Wildman–Crippen LogP) is 1.35. The molecule has 48 valence electrons. The zero-order valence-corrected chi connectivity index (χ0v) is 5.52. The van der Waals surface area contributed by atoms with Gasteiger partial charge in [0.2, 0.25) is 0 Å². The van der Waals surface area contributed by atoms with Crippen LogP contribution in [-0.2, 0) is 9.53 Å². The third-order valence-corrected chi connectivity index (χ3v) is 0.420. The van der Waals surface area contributed by atoms with Crippen molar-refractivity contribution in [1.29, 1.82) is 0 Å². The Morgan fingerprint density at radius 2 is 2.12 bits per heavy atom. The van der Waals surface area contributed by atoms with Gasteiger partial charge in [-0.3, -0.25) is 4.79 Å². The fourth-order valence-corrected chi connectivity index (χ4v) is 0.342. The quantitative estimate of drug-likeness (QED) is 0.448. The van der Waals surface area contributed by atoms with Crippen LogP contribution in [0.4, 0.5) is 0 Å². The molecule has 0 saturated heterocycles. The second kappa shape index (κ2) is 2.16. The average molecular weight is 117 g/mol. The Hall–Kier alpha value is -0.530. The van der Waals surface area contributed by atoms with E-state index >= 15 is 0 Å². The van der Waals surface area contributed by atoms with Gasteiger partial charge in [0.15, 0.2) is 0 Å². The van der Waals surface area contributed by atoms with Crippen LogP contribution < -0.4 is 0 Å². The molecule has 0 aliphatic rings. The van der Waals surface area contributed by atoms with Gasteiger partial charge in [-0.1, -0.05) is 0 Å². The lowest BCUT2D eigenvalue weighted by molar-refractivity contribution is -0.151. The van der Waals surface area contributed by atoms with Crippen molar-refractivity contribution >= 4 is 5.97 Å². The van der Waals surface area contributed by atoms with Crippen molar-refractivity contribution in [3.63, 3.8) is 0 Å². The van der Waals surface area contributed by atoms with Crippen LogP contribution in [0.1, 0.15) is 29.0 Å². The van der Waals surface area contributed by atoms with E-state index in [1.54, 1.807) is 20.8 Å². The highest BCUT2D eigenvalue weighted by atomic mass is 16.6. The van der Waals surface area contributed by atoms with Gasteiger partial charge in [0.05, 0.1) is 0 Å². The summed E-state index contributed by atoms with van der Waals surface area (Å²) in [6.45, 7) is 5.04. The SMILES string of the molecule is [2H]CC(=O)OC(C)(C)C. The minimum atomic E-state index is -0.470. The van der Waals surface area contributed by atoms with Crippen molar-refractivity contribution in [3.05, 3.63) is 0 Å². The summed E-state index contributed by atoms with van der Waals surface area (Å²) in [5.41, 5.74) is -0.446. The fourth-order valence-electron chi connectivity index (χ4n) is 0.342. The van der Waals surface area contributed by atoms with E-state index in [0.29, 0.717) is 0 Å². The van der Waals surface area contributed by atoms with Gasteiger partial charge in [-0.25, -0.2) is 0 Å². The van der Waals surface area contributed by atoms with Crippen molar-refractivity contribution in [3.8, 4) is 0 Å². The Morgan fingerprint density at radius 3 is 2.25 bits per heavy atom. The van der Waals surface area contributed by atoms with E-state index in [9.17, 15) is 4.79 Å². The first kappa shape index (κ1) is 5.60. The molecule has 0 fully saturated rings. The van der Waals surface area contributed by atoms with Crippen molar-refractivity contribution < 1.29 is 10.9 Å². The second-order valence-electron chi connectivity index (χ2n) is 2.59. The van der Waals surface area contributed by atoms with Gasteiger partial charge < -0.3 is 4.74 Å². The van der Waals surface area contributed by atoms with Gasteiger partial charge in [-0.15, -0.1) is 0 Å². The standard InChI is InChI=1S/C6H12O2/c1-5(7)8-6(2,3)4/h1-4H3/i1D. The van der Waals surface area contributed by atoms with Gasteiger partial charge >= 0.3 is 5.97 Å². The van der Waals surface area contributed by atoms with Gasteiger partial charge in [0, 0.05) is 8.27 Å². The van der Waals surface area contributed by atoms with Crippen LogP contribution in [0.5, 0.6) is 0 Å². The van der Waals surface area contributed by atoms with E-state index < -0.39 is 11.6 Å². The number of carbonyl (C=O) groups is 1. The van der Waals surface area contributed by atoms with Crippen molar-refractivity contribution in [2.75, 3.05) is 0 Å². The van der Waals surface area contributed by atoms with E-state index in [2.05, 4.69) is 0 Å². The Labute approximate surface area is 51.2 Å². The molecule has 0 amide bonds. The molecule has 0 radical (unpaired) electrons. The van der Waals surface area contributed by atoms with Crippen LogP contribution in [0.3, 0.4) is 0 Å². The monoisotopic (exact) mass is 117 g/mol. The van der Waals surface area contributed by atoms with Crippen LogP contribution in [0.25, 0.3) is 0 Å². The summed E-state index contributed by atoms with van der Waals surface area (Å²) in [6.07, 6.45) is 0. The summed E-state index contributed by atoms with van der Waals surface area (Å²) in [6, 6.07) is 0. The van der Waals surface area contributed by atoms with Crippen molar-refractivity contribution in [1.82, 2.24) is 0 Å². The first-order valence-electron chi connectivity index (χ1n) is 3.17. The molecular weight excluding hydrogens is 104 g/mol. The van der Waals surface area contributed by atoms with E-state index in [1.807, 2.05) is 0 Å². The number of carbonyl (C=O) groups excluding carboxylic acids is 1. The maximum Gasteiger partial charge on any atom is 0.303 e. The Kier molecular flexibility index (Phi) is 1.51. The largest absolute Gasteiger partial charge is 0.460 e. The number of hydrogen-bond donors (Lipinski definition) is 0. The van der Waals surface area contributed by atoms with Crippen molar-refractivity contribution in [2.45, 2.75) is 33.3 Å². The molecule has 0 unspecified atom stereocenters. The zero-order chi connectivity index (χ0) is 7.49. The zero-order valence-electron chi connectivity index (χ0n) is 6.52. The molecule has 0 bridgehead atoms. The molecule has 0 aromatic rings. The smallest absolute Gasteiger partial charge is 0.303 e. The number of ether oxygens (including phenoxy) is 1. The minimum absolute atomic E-state index is 0.294. The highest BCUT2D eigenvalue weighted by molar-refractivity contribution is 5.66. The van der Waals surface area contributed by atoms with E-state index in [4.69, 9.17) is 6.11 Å². The molecule has 2 nitrogen and oxygen atoms in total. The van der Waals surface area contributed by atoms with E-state index in [1.165, 1.54) is 0 Å². The number of rotatable bonds is 0. The Morgan fingerprint density at radius 1 is 1.62 bits per heavy atom. The highest BCUT2D eigenvalue weighted by Crippen LogP contribution is 2.05. The van der Waals surface area contributed by atoms with Crippen molar-refractivity contribution in [2.24, 2.45) is 0 Å². The molecule has 0 aromatic heterocycles. The Bertz CT molecular complexity index is 104. The first-order valence-corrected chi connectivity index (χ1v) is 2.47. The van der Waals surface area contributed by atoms with Gasteiger partial charge in [-0.05, 0) is 20.8 Å². The predicted molar refractivity (Wildman–Crippen MR) is 31.5 cm³/mol. The second-order valence-corrected chi connectivity index (χ2v) is 2.59. The molecular formula is C6H12O2. The lowest BCUT2D eigenvalue weighted by atomic mass is 10.2. The van der Waals surface area contributed by atoms with Gasteiger partial charge in [0.1, 0.15) is 5.60 Å². The fraction of sp³-hybridized carbons (Fsp3) is 0.833. The molecule has 0 atom stereocenters. The molecule has 0 rings (SSSR count). The molecule has 0 spiro atoms. The van der Waals surface area contributed by atoms with E-state index in [0.717, 1.165) is 0 Å². The van der Waals surface area contributed by atoms with Gasteiger partial charge in [0.25, 0.3) is 0 Å². The number of hydrogen-bond acceptors (Lipinski definition) is 2. The maximum atomic E-state index is 10.4. The normalized spacial score (nSPS) is 12.6. The number of esters is 1. The average Bonchev–Trinajstić information content (AvgIpc) is 1.62. The molecule has 0 aromatic carbocycles. The summed E-state index contributed by atoms with van der Waals surface area (Å²) in [5.74, 6) is -0.470. The summed E-state index contributed by atoms with van der Waals surface area (Å²) in [5, 5.41) is 0. The van der Waals surface area contributed by atoms with Gasteiger partial charge in [-0.2, -0.15) is 0 Å². The van der Waals surface area contributed by atoms with Crippen LogP contribution in [-0.4, -0.2) is 11.6 Å². The van der Waals surface area contributed by atoms with E-state index in [-0.39, 0.29) is 6.90 Å². The van der Waals surface area contributed by atoms with Crippen LogP contribution >= 0.6 is 0 Å². The van der Waals surface area contributed by atoms with Crippen LogP contribution in [0.15, 0.2) is 0 Å². The summed E-state index contributed by atoms with van der Waals surface area (Å²) in [4.78, 5) is 10.4.